The molecule has 6 nitrogen and oxygen atoms in total. The van der Waals surface area contributed by atoms with E-state index in [1.807, 2.05) is 0 Å². The third-order valence-electron chi connectivity index (χ3n) is 2.37. The van der Waals surface area contributed by atoms with Crippen LogP contribution in [0, 0.1) is 0 Å². The number of hydrogen-bond acceptors (Lipinski definition) is 5. The molecule has 0 amide bonds. The highest BCUT2D eigenvalue weighted by atomic mass is 32.2. The smallest absolute Gasteiger partial charge is 0.240 e. The van der Waals surface area contributed by atoms with Crippen LogP contribution in [0.15, 0.2) is 29.2 Å². The van der Waals surface area contributed by atoms with Gasteiger partial charge < -0.3 is 15.5 Å². The second-order valence-electron chi connectivity index (χ2n) is 4.51. The summed E-state index contributed by atoms with van der Waals surface area (Å²) >= 11 is 0. The summed E-state index contributed by atoms with van der Waals surface area (Å²) in [6.07, 6.45) is 0. The average molecular weight is 288 g/mol. The van der Waals surface area contributed by atoms with Gasteiger partial charge in [-0.05, 0) is 38.1 Å². The van der Waals surface area contributed by atoms with Gasteiger partial charge in [-0.15, -0.1) is 0 Å². The summed E-state index contributed by atoms with van der Waals surface area (Å²) in [5.41, 5.74) is 0.636. The average Bonchev–Trinajstić information content (AvgIpc) is 2.35. The molecule has 0 aliphatic rings. The van der Waals surface area contributed by atoms with E-state index in [1.54, 1.807) is 26.0 Å². The molecule has 0 saturated heterocycles. The van der Waals surface area contributed by atoms with Gasteiger partial charge in [0.2, 0.25) is 10.0 Å². The zero-order valence-electron chi connectivity index (χ0n) is 11.0. The van der Waals surface area contributed by atoms with Gasteiger partial charge in [0.1, 0.15) is 0 Å². The number of rotatable bonds is 7. The summed E-state index contributed by atoms with van der Waals surface area (Å²) in [6, 6.07) is 5.49. The highest BCUT2D eigenvalue weighted by molar-refractivity contribution is 7.89. The zero-order chi connectivity index (χ0) is 14.5. The molecule has 0 spiro atoms. The van der Waals surface area contributed by atoms with Crippen molar-refractivity contribution in [2.45, 2.75) is 30.8 Å². The first-order valence-corrected chi connectivity index (χ1v) is 7.48. The number of benzene rings is 1. The molecule has 0 bridgehead atoms. The largest absolute Gasteiger partial charge is 0.394 e. The Kier molecular flexibility index (Phi) is 5.74. The summed E-state index contributed by atoms with van der Waals surface area (Å²) < 4.78 is 26.2. The molecule has 0 aliphatic heterocycles. The van der Waals surface area contributed by atoms with Gasteiger partial charge >= 0.3 is 0 Å². The molecular weight excluding hydrogens is 268 g/mol. The minimum Gasteiger partial charge on any atom is -0.394 e. The first-order chi connectivity index (χ1) is 8.89. The van der Waals surface area contributed by atoms with Crippen molar-refractivity contribution in [3.63, 3.8) is 0 Å². The Bertz CT molecular complexity index is 481. The Morgan fingerprint density at radius 2 is 1.63 bits per heavy atom. The lowest BCUT2D eigenvalue weighted by Crippen LogP contribution is -2.30. The Morgan fingerprint density at radius 3 is 2.05 bits per heavy atom. The number of sulfonamides is 1. The number of anilines is 1. The molecule has 4 N–H and O–H groups in total. The Hall–Kier alpha value is -1.15. The van der Waals surface area contributed by atoms with E-state index in [1.165, 1.54) is 12.1 Å². The third kappa shape index (κ3) is 4.79. The van der Waals surface area contributed by atoms with Gasteiger partial charge in [0.05, 0.1) is 24.2 Å². The van der Waals surface area contributed by atoms with Gasteiger partial charge in [-0.1, -0.05) is 0 Å². The van der Waals surface area contributed by atoms with E-state index in [2.05, 4.69) is 10.0 Å². The number of nitrogens with one attached hydrogen (secondary N) is 2. The Morgan fingerprint density at radius 1 is 1.11 bits per heavy atom. The standard InChI is InChI=1S/C12H20N2O4S/c1-9(2)14-19(17,18)12-5-3-10(4-6-12)13-11(7-15)8-16/h3-6,9,11,13-16H,7-8H2,1-2H3. The maximum absolute atomic E-state index is 11.9. The van der Waals surface area contributed by atoms with Crippen LogP contribution in [-0.2, 0) is 10.0 Å². The van der Waals surface area contributed by atoms with Crippen LogP contribution in [0.1, 0.15) is 13.8 Å². The number of hydrogen-bond donors (Lipinski definition) is 4. The molecule has 0 heterocycles. The van der Waals surface area contributed by atoms with Crippen molar-refractivity contribution in [1.82, 2.24) is 4.72 Å². The summed E-state index contributed by atoms with van der Waals surface area (Å²) in [5, 5.41) is 20.8. The van der Waals surface area contributed by atoms with Crippen LogP contribution in [0.4, 0.5) is 5.69 Å². The fourth-order valence-electron chi connectivity index (χ4n) is 1.49. The molecule has 1 rings (SSSR count). The van der Waals surface area contributed by atoms with Crippen molar-refractivity contribution in [3.8, 4) is 0 Å². The van der Waals surface area contributed by atoms with Crippen LogP contribution < -0.4 is 10.0 Å². The van der Waals surface area contributed by atoms with Crippen LogP contribution in [0.3, 0.4) is 0 Å². The quantitative estimate of drug-likeness (QED) is 0.572. The molecule has 1 aromatic rings. The fourth-order valence-corrected chi connectivity index (χ4v) is 2.74. The van der Waals surface area contributed by atoms with Crippen molar-refractivity contribution in [1.29, 1.82) is 0 Å². The lowest BCUT2D eigenvalue weighted by Gasteiger charge is -2.15. The van der Waals surface area contributed by atoms with Crippen LogP contribution in [-0.4, -0.2) is 43.9 Å². The fraction of sp³-hybridized carbons (Fsp3) is 0.500. The van der Waals surface area contributed by atoms with E-state index >= 15 is 0 Å². The molecule has 0 radical (unpaired) electrons. The molecule has 7 heteroatoms. The van der Waals surface area contributed by atoms with Gasteiger partial charge in [0.15, 0.2) is 0 Å². The van der Waals surface area contributed by atoms with Gasteiger partial charge in [-0.3, -0.25) is 0 Å². The second-order valence-corrected chi connectivity index (χ2v) is 6.22. The third-order valence-corrected chi connectivity index (χ3v) is 4.04. The summed E-state index contributed by atoms with van der Waals surface area (Å²) in [7, 11) is -3.49. The molecule has 0 aliphatic carbocycles. The monoisotopic (exact) mass is 288 g/mol. The van der Waals surface area contributed by atoms with E-state index in [4.69, 9.17) is 10.2 Å². The Labute approximate surface area is 113 Å². The number of aliphatic hydroxyl groups excluding tert-OH is 2. The maximum atomic E-state index is 11.9. The van der Waals surface area contributed by atoms with Gasteiger partial charge in [-0.2, -0.15) is 0 Å². The van der Waals surface area contributed by atoms with Gasteiger partial charge in [-0.25, -0.2) is 13.1 Å². The van der Waals surface area contributed by atoms with E-state index in [0.29, 0.717) is 5.69 Å². The minimum atomic E-state index is -3.49. The molecule has 0 saturated carbocycles. The topological polar surface area (TPSA) is 98.7 Å². The molecule has 1 aromatic carbocycles. The van der Waals surface area contributed by atoms with Crippen molar-refractivity contribution >= 4 is 15.7 Å². The molecule has 0 unspecified atom stereocenters. The van der Waals surface area contributed by atoms with Crippen molar-refractivity contribution < 1.29 is 18.6 Å². The molecule has 108 valence electrons. The van der Waals surface area contributed by atoms with E-state index in [-0.39, 0.29) is 24.2 Å². The van der Waals surface area contributed by atoms with Gasteiger partial charge in [0, 0.05) is 11.7 Å². The SMILES string of the molecule is CC(C)NS(=O)(=O)c1ccc(NC(CO)CO)cc1. The van der Waals surface area contributed by atoms with Gasteiger partial charge in [0.25, 0.3) is 0 Å². The number of aliphatic hydroxyl groups is 2. The predicted octanol–water partition coefficient (Wildman–Crippen LogP) is 0.138. The first-order valence-electron chi connectivity index (χ1n) is 5.99. The molecule has 0 aromatic heterocycles. The molecular formula is C12H20N2O4S. The zero-order valence-corrected chi connectivity index (χ0v) is 11.8. The minimum absolute atomic E-state index is 0.170. The lowest BCUT2D eigenvalue weighted by atomic mass is 10.2. The van der Waals surface area contributed by atoms with Crippen LogP contribution in [0.2, 0.25) is 0 Å². The second kappa shape index (κ2) is 6.85. The lowest BCUT2D eigenvalue weighted by molar-refractivity contribution is 0.204. The van der Waals surface area contributed by atoms with Crippen LogP contribution in [0.25, 0.3) is 0 Å². The summed E-state index contributed by atoms with van der Waals surface area (Å²) in [6.45, 7) is 3.10. The van der Waals surface area contributed by atoms with E-state index in [9.17, 15) is 8.42 Å². The highest BCUT2D eigenvalue weighted by Gasteiger charge is 2.15. The summed E-state index contributed by atoms with van der Waals surface area (Å²) in [4.78, 5) is 0.177. The van der Waals surface area contributed by atoms with E-state index in [0.717, 1.165) is 0 Å². The normalized spacial score (nSPS) is 12.1. The van der Waals surface area contributed by atoms with Crippen molar-refractivity contribution in [3.05, 3.63) is 24.3 Å². The van der Waals surface area contributed by atoms with E-state index < -0.39 is 16.1 Å². The first kappa shape index (κ1) is 15.9. The van der Waals surface area contributed by atoms with Crippen LogP contribution >= 0.6 is 0 Å². The maximum Gasteiger partial charge on any atom is 0.240 e. The van der Waals surface area contributed by atoms with Crippen molar-refractivity contribution in [2.24, 2.45) is 0 Å². The molecule has 0 atom stereocenters. The van der Waals surface area contributed by atoms with Crippen LogP contribution in [0.5, 0.6) is 0 Å². The predicted molar refractivity (Wildman–Crippen MR) is 73.5 cm³/mol. The molecule has 19 heavy (non-hydrogen) atoms. The van der Waals surface area contributed by atoms with Crippen molar-refractivity contribution in [2.75, 3.05) is 18.5 Å². The summed E-state index contributed by atoms with van der Waals surface area (Å²) in [5.74, 6) is 0. The highest BCUT2D eigenvalue weighted by Crippen LogP contribution is 2.15. The molecule has 0 fully saturated rings. The Balaban J connectivity index is 2.82.